The lowest BCUT2D eigenvalue weighted by Gasteiger charge is -2.35. The monoisotopic (exact) mass is 736 g/mol. The van der Waals surface area contributed by atoms with Crippen molar-refractivity contribution in [1.82, 2.24) is 15.2 Å². The molecule has 3 atom stereocenters. The molecule has 2 N–H and O–H groups in total. The summed E-state index contributed by atoms with van der Waals surface area (Å²) in [5.41, 5.74) is 11.2. The summed E-state index contributed by atoms with van der Waals surface area (Å²) in [5, 5.41) is 14.3. The van der Waals surface area contributed by atoms with Gasteiger partial charge in [0.1, 0.15) is 34.7 Å². The van der Waals surface area contributed by atoms with E-state index in [4.69, 9.17) is 13.8 Å². The van der Waals surface area contributed by atoms with Gasteiger partial charge in [0.25, 0.3) is 0 Å². The summed E-state index contributed by atoms with van der Waals surface area (Å²) in [6.45, 7) is 0. The minimum absolute atomic E-state index is 0.0826. The molecule has 0 amide bonds. The van der Waals surface area contributed by atoms with E-state index in [2.05, 4.69) is 185 Å². The molecule has 57 heavy (non-hydrogen) atoms. The van der Waals surface area contributed by atoms with E-state index in [0.29, 0.717) is 0 Å². The van der Waals surface area contributed by atoms with Gasteiger partial charge in [0.05, 0.1) is 16.7 Å². The lowest BCUT2D eigenvalue weighted by atomic mass is 9.93. The van der Waals surface area contributed by atoms with Crippen LogP contribution in [0.5, 0.6) is 0 Å². The highest BCUT2D eigenvalue weighted by Crippen LogP contribution is 2.41. The Morgan fingerprint density at radius 1 is 0.579 bits per heavy atom. The molecule has 0 bridgehead atoms. The van der Waals surface area contributed by atoms with Crippen LogP contribution >= 0.6 is 0 Å². The zero-order valence-corrected chi connectivity index (χ0v) is 30.9. The van der Waals surface area contributed by atoms with E-state index in [1.807, 2.05) is 6.07 Å². The van der Waals surface area contributed by atoms with Crippen LogP contribution in [0.15, 0.2) is 178 Å². The largest absolute Gasteiger partial charge is 0.456 e. The van der Waals surface area contributed by atoms with Crippen LogP contribution in [0.3, 0.4) is 0 Å². The van der Waals surface area contributed by atoms with E-state index in [0.717, 1.165) is 89.2 Å². The second-order valence-electron chi connectivity index (χ2n) is 15.1. The molecule has 7 aromatic carbocycles. The molecule has 3 unspecified atom stereocenters. The van der Waals surface area contributed by atoms with Gasteiger partial charge in [-0.05, 0) is 47.9 Å². The van der Waals surface area contributed by atoms with Crippen molar-refractivity contribution in [3.8, 4) is 16.8 Å². The summed E-state index contributed by atoms with van der Waals surface area (Å²) < 4.78 is 16.1. The zero-order chi connectivity index (χ0) is 37.5. The number of aliphatic imine (C=N–C) groups is 1. The average molecular weight is 737 g/mol. The third kappa shape index (κ3) is 5.04. The topological polar surface area (TPSA) is 67.6 Å². The molecule has 1 aliphatic heterocycles. The Bertz CT molecular complexity index is 3300. The number of para-hydroxylation sites is 4. The van der Waals surface area contributed by atoms with Gasteiger partial charge in [0.2, 0.25) is 0 Å². The maximum atomic E-state index is 7.05. The van der Waals surface area contributed by atoms with Crippen molar-refractivity contribution >= 4 is 72.7 Å². The Morgan fingerprint density at radius 2 is 1.23 bits per heavy atom. The van der Waals surface area contributed by atoms with Gasteiger partial charge in [-0.15, -0.1) is 0 Å². The summed E-state index contributed by atoms with van der Waals surface area (Å²) in [7, 11) is 0. The molecule has 3 aromatic heterocycles. The number of hydrogen-bond donors (Lipinski definition) is 2. The quantitative estimate of drug-likeness (QED) is 0.185. The van der Waals surface area contributed by atoms with Crippen LogP contribution in [0.25, 0.3) is 83.7 Å². The SMILES string of the molecule is C1=c2oc3cccc(-c4cccc5c4oc4c(-n6c7ccccc7c7ccccc76)cccc45)c3c2=CCC1C1N=C(c2ccccc2)NC(c2ccccc2)N1. The molecule has 0 radical (unpaired) electrons. The van der Waals surface area contributed by atoms with E-state index in [-0.39, 0.29) is 18.2 Å². The minimum atomic E-state index is -0.156. The van der Waals surface area contributed by atoms with Crippen LogP contribution in [0, 0.1) is 5.92 Å². The van der Waals surface area contributed by atoms with Crippen molar-refractivity contribution in [3.05, 3.63) is 186 Å². The number of amidine groups is 1. The Kier molecular flexibility index (Phi) is 7.16. The van der Waals surface area contributed by atoms with Gasteiger partial charge >= 0.3 is 0 Å². The van der Waals surface area contributed by atoms with Crippen molar-refractivity contribution in [1.29, 1.82) is 0 Å². The number of fused-ring (bicyclic) bond motifs is 9. The highest BCUT2D eigenvalue weighted by atomic mass is 16.3. The van der Waals surface area contributed by atoms with E-state index in [9.17, 15) is 0 Å². The first-order chi connectivity index (χ1) is 28.3. The predicted octanol–water partition coefficient (Wildman–Crippen LogP) is 10.3. The van der Waals surface area contributed by atoms with Gasteiger partial charge in [-0.25, -0.2) is 4.99 Å². The molecule has 10 aromatic rings. The number of aromatic nitrogens is 1. The van der Waals surface area contributed by atoms with Crippen molar-refractivity contribution in [2.75, 3.05) is 0 Å². The summed E-state index contributed by atoms with van der Waals surface area (Å²) in [4.78, 5) is 5.24. The molecular formula is C51H36N4O2. The summed E-state index contributed by atoms with van der Waals surface area (Å²) in [6.07, 6.45) is 5.19. The standard InChI is InChI=1S/C51H36N4O2/c1-3-14-31(15-4-1)49-52-50(32-16-5-2-6-17-32)54-51(53-49)33-28-29-40-45(30-33)56-44-27-13-20-36(46(40)44)37-21-11-22-38-39-23-12-26-43(48(39)57-47(37)38)55-41-24-9-7-18-34(41)35-19-8-10-25-42(35)55/h1-27,29-30,33,49,51,53H,28H2,(H,52,54). The van der Waals surface area contributed by atoms with Crippen LogP contribution < -0.4 is 21.3 Å². The normalized spacial score (nSPS) is 18.0. The van der Waals surface area contributed by atoms with E-state index in [1.165, 1.54) is 16.3 Å². The summed E-state index contributed by atoms with van der Waals surface area (Å²) in [6, 6.07) is 57.5. The van der Waals surface area contributed by atoms with Crippen LogP contribution in [0.1, 0.15) is 23.7 Å². The van der Waals surface area contributed by atoms with Gasteiger partial charge in [-0.2, -0.15) is 0 Å². The highest BCUT2D eigenvalue weighted by molar-refractivity contribution is 6.15. The average Bonchev–Trinajstić information content (AvgIpc) is 3.96. The van der Waals surface area contributed by atoms with Crippen LogP contribution in [0.4, 0.5) is 0 Å². The summed E-state index contributed by atoms with van der Waals surface area (Å²) in [5.74, 6) is 0.978. The number of hydrogen-bond acceptors (Lipinski definition) is 5. The fourth-order valence-corrected chi connectivity index (χ4v) is 9.21. The lowest BCUT2D eigenvalue weighted by molar-refractivity contribution is 0.349. The lowest BCUT2D eigenvalue weighted by Crippen LogP contribution is -2.51. The second-order valence-corrected chi connectivity index (χ2v) is 15.1. The number of benzene rings is 7. The minimum Gasteiger partial charge on any atom is -0.456 e. The number of nitrogens with one attached hydrogen (secondary N) is 2. The van der Waals surface area contributed by atoms with E-state index >= 15 is 0 Å². The first-order valence-corrected chi connectivity index (χ1v) is 19.6. The Hall–Kier alpha value is -7.15. The number of nitrogens with zero attached hydrogens (tertiary/aromatic N) is 2. The zero-order valence-electron chi connectivity index (χ0n) is 30.9. The third-order valence-electron chi connectivity index (χ3n) is 11.8. The fraction of sp³-hybridized carbons (Fsp3) is 0.0784. The molecule has 1 aliphatic carbocycles. The predicted molar refractivity (Wildman–Crippen MR) is 232 cm³/mol. The van der Waals surface area contributed by atoms with Gasteiger partial charge in [-0.1, -0.05) is 146 Å². The maximum Gasteiger partial charge on any atom is 0.159 e. The van der Waals surface area contributed by atoms with E-state index in [1.54, 1.807) is 0 Å². The Balaban J connectivity index is 0.989. The number of rotatable bonds is 5. The number of furan rings is 2. The molecule has 4 heterocycles. The first kappa shape index (κ1) is 32.1. The highest BCUT2D eigenvalue weighted by Gasteiger charge is 2.30. The molecule has 272 valence electrons. The molecule has 2 aliphatic rings. The van der Waals surface area contributed by atoms with Crippen LogP contribution in [-0.4, -0.2) is 16.6 Å². The molecular weight excluding hydrogens is 701 g/mol. The molecule has 0 saturated carbocycles. The molecule has 0 spiro atoms. The maximum absolute atomic E-state index is 7.05. The van der Waals surface area contributed by atoms with E-state index < -0.39 is 0 Å². The van der Waals surface area contributed by atoms with Gasteiger partial charge in [0, 0.05) is 49.2 Å². The van der Waals surface area contributed by atoms with Crippen molar-refractivity contribution in [3.63, 3.8) is 0 Å². The molecule has 6 heteroatoms. The van der Waals surface area contributed by atoms with Crippen LogP contribution in [-0.2, 0) is 0 Å². The van der Waals surface area contributed by atoms with Crippen molar-refractivity contribution in [2.24, 2.45) is 10.9 Å². The molecule has 0 saturated heterocycles. The Labute approximate surface area is 327 Å². The third-order valence-corrected chi connectivity index (χ3v) is 11.8. The van der Waals surface area contributed by atoms with Gasteiger partial charge < -0.3 is 18.7 Å². The van der Waals surface area contributed by atoms with Crippen molar-refractivity contribution in [2.45, 2.75) is 18.8 Å². The smallest absolute Gasteiger partial charge is 0.159 e. The van der Waals surface area contributed by atoms with Gasteiger partial charge in [-0.3, -0.25) is 5.32 Å². The van der Waals surface area contributed by atoms with Crippen molar-refractivity contribution < 1.29 is 8.83 Å². The first-order valence-electron chi connectivity index (χ1n) is 19.6. The molecule has 12 rings (SSSR count). The molecule has 6 nitrogen and oxygen atoms in total. The molecule has 0 fully saturated rings. The van der Waals surface area contributed by atoms with Gasteiger partial charge in [0.15, 0.2) is 5.58 Å². The van der Waals surface area contributed by atoms with Crippen LogP contribution in [0.2, 0.25) is 0 Å². The Morgan fingerprint density at radius 3 is 2.02 bits per heavy atom. The second kappa shape index (κ2) is 12.7. The fourth-order valence-electron chi connectivity index (χ4n) is 9.21. The summed E-state index contributed by atoms with van der Waals surface area (Å²) >= 11 is 0.